The van der Waals surface area contributed by atoms with Crippen LogP contribution in [0.15, 0.2) is 42.6 Å². The van der Waals surface area contributed by atoms with E-state index in [1.807, 2.05) is 11.1 Å². The molecule has 3 heteroatoms. The minimum atomic E-state index is 0.172. The molecular formula is C20H24N2O. The van der Waals surface area contributed by atoms with Crippen LogP contribution in [0, 0.1) is 6.92 Å². The third-order valence-corrected chi connectivity index (χ3v) is 4.66. The number of pyridine rings is 1. The van der Waals surface area contributed by atoms with Gasteiger partial charge in [-0.05, 0) is 43.4 Å². The molecule has 3 rings (SSSR count). The molecule has 0 bridgehead atoms. The summed E-state index contributed by atoms with van der Waals surface area (Å²) in [5, 5.41) is 0. The first-order valence-electron chi connectivity index (χ1n) is 8.37. The van der Waals surface area contributed by atoms with Gasteiger partial charge >= 0.3 is 0 Å². The summed E-state index contributed by atoms with van der Waals surface area (Å²) < 4.78 is 0. The Bertz CT molecular complexity index is 661. The summed E-state index contributed by atoms with van der Waals surface area (Å²) in [6, 6.07) is 13.0. The summed E-state index contributed by atoms with van der Waals surface area (Å²) in [6.07, 6.45) is 5.09. The summed E-state index contributed by atoms with van der Waals surface area (Å²) in [4.78, 5) is 18.2. The van der Waals surface area contributed by atoms with Crippen molar-refractivity contribution in [2.45, 2.75) is 39.0 Å². The van der Waals surface area contributed by atoms with Crippen molar-refractivity contribution in [2.75, 3.05) is 13.1 Å². The molecule has 0 unspecified atom stereocenters. The highest BCUT2D eigenvalue weighted by molar-refractivity contribution is 5.73. The summed E-state index contributed by atoms with van der Waals surface area (Å²) >= 11 is 0. The van der Waals surface area contributed by atoms with E-state index in [0.29, 0.717) is 5.92 Å². The molecule has 1 aliphatic rings. The third-order valence-electron chi connectivity index (χ3n) is 4.66. The molecule has 120 valence electrons. The molecule has 1 saturated heterocycles. The Labute approximate surface area is 138 Å². The Balaban J connectivity index is 1.67. The van der Waals surface area contributed by atoms with Gasteiger partial charge in [-0.15, -0.1) is 0 Å². The fourth-order valence-electron chi connectivity index (χ4n) is 3.23. The summed E-state index contributed by atoms with van der Waals surface area (Å²) in [5.74, 6) is 0.548. The molecule has 3 nitrogen and oxygen atoms in total. The number of piperidine rings is 1. The second-order valence-electron chi connectivity index (χ2n) is 6.56. The van der Waals surface area contributed by atoms with Gasteiger partial charge in [0.15, 0.2) is 0 Å². The van der Waals surface area contributed by atoms with Crippen LogP contribution in [0.3, 0.4) is 0 Å². The van der Waals surface area contributed by atoms with E-state index in [4.69, 9.17) is 0 Å². The molecule has 1 amide bonds. The van der Waals surface area contributed by atoms with Crippen LogP contribution in [0.5, 0.6) is 0 Å². The van der Waals surface area contributed by atoms with Gasteiger partial charge in [-0.3, -0.25) is 9.78 Å². The number of aryl methyl sites for hydroxylation is 1. The maximum atomic E-state index is 11.6. The number of aromatic nitrogens is 1. The monoisotopic (exact) mass is 308 g/mol. The summed E-state index contributed by atoms with van der Waals surface area (Å²) in [6.45, 7) is 5.45. The predicted molar refractivity (Wildman–Crippen MR) is 92.5 cm³/mol. The lowest BCUT2D eigenvalue weighted by molar-refractivity contribution is -0.130. The highest BCUT2D eigenvalue weighted by atomic mass is 16.2. The third kappa shape index (κ3) is 3.98. The first-order valence-corrected chi connectivity index (χ1v) is 8.37. The first kappa shape index (κ1) is 15.7. The second kappa shape index (κ2) is 6.95. The molecule has 23 heavy (non-hydrogen) atoms. The van der Waals surface area contributed by atoms with Crippen LogP contribution in [0.1, 0.15) is 48.1 Å². The van der Waals surface area contributed by atoms with Crippen molar-refractivity contribution in [1.82, 2.24) is 9.88 Å². The topological polar surface area (TPSA) is 33.2 Å². The predicted octanol–water partition coefficient (Wildman–Crippen LogP) is 3.71. The van der Waals surface area contributed by atoms with Crippen molar-refractivity contribution in [3.63, 3.8) is 0 Å². The van der Waals surface area contributed by atoms with Crippen LogP contribution >= 0.6 is 0 Å². The number of nitrogens with zero attached hydrogens (tertiary/aromatic N) is 2. The Hall–Kier alpha value is -2.16. The quantitative estimate of drug-likeness (QED) is 0.866. The van der Waals surface area contributed by atoms with E-state index in [0.717, 1.165) is 38.0 Å². The number of benzene rings is 1. The maximum Gasteiger partial charge on any atom is 0.219 e. The van der Waals surface area contributed by atoms with Crippen LogP contribution in [0.25, 0.3) is 0 Å². The number of likely N-dealkylation sites (tertiary alicyclic amines) is 1. The van der Waals surface area contributed by atoms with E-state index >= 15 is 0 Å². The Kier molecular flexibility index (Phi) is 4.75. The number of hydrogen-bond acceptors (Lipinski definition) is 2. The van der Waals surface area contributed by atoms with Crippen LogP contribution in [-0.4, -0.2) is 28.9 Å². The average Bonchev–Trinajstić information content (AvgIpc) is 2.58. The van der Waals surface area contributed by atoms with Crippen molar-refractivity contribution in [1.29, 1.82) is 0 Å². The number of hydrogen-bond donors (Lipinski definition) is 0. The largest absolute Gasteiger partial charge is 0.342 e. The van der Waals surface area contributed by atoms with E-state index in [1.165, 1.54) is 16.7 Å². The highest BCUT2D eigenvalue weighted by Crippen LogP contribution is 2.25. The lowest BCUT2D eigenvalue weighted by Gasteiger charge is -2.31. The number of amides is 1. The molecule has 1 aliphatic heterocycles. The fourth-order valence-corrected chi connectivity index (χ4v) is 3.23. The number of carbonyl (C=O) groups excluding carboxylic acids is 1. The van der Waals surface area contributed by atoms with Gasteiger partial charge < -0.3 is 4.90 Å². The molecule has 1 atom stereocenters. The van der Waals surface area contributed by atoms with E-state index in [1.54, 1.807) is 6.92 Å². The van der Waals surface area contributed by atoms with E-state index in [9.17, 15) is 4.79 Å². The number of carbonyl (C=O) groups is 1. The van der Waals surface area contributed by atoms with Crippen molar-refractivity contribution in [3.05, 3.63) is 65.0 Å². The highest BCUT2D eigenvalue weighted by Gasteiger charge is 2.23. The lowest BCUT2D eigenvalue weighted by atomic mass is 9.93. The Morgan fingerprint density at radius 3 is 2.57 bits per heavy atom. The Morgan fingerprint density at radius 1 is 1.17 bits per heavy atom. The van der Waals surface area contributed by atoms with Gasteiger partial charge in [-0.2, -0.15) is 0 Å². The van der Waals surface area contributed by atoms with Crippen molar-refractivity contribution < 1.29 is 4.79 Å². The molecule has 0 spiro atoms. The maximum absolute atomic E-state index is 11.6. The molecule has 1 fully saturated rings. The minimum Gasteiger partial charge on any atom is -0.342 e. The standard InChI is InChI=1S/C20H24N2O/c1-15-5-7-17(8-6-15)12-18-9-10-20(21-13-18)19-4-3-11-22(14-19)16(2)23/h5-10,13,19H,3-4,11-12,14H2,1-2H3/t19-/m0/s1. The Morgan fingerprint density at radius 2 is 1.91 bits per heavy atom. The first-order chi connectivity index (χ1) is 11.1. The average molecular weight is 308 g/mol. The van der Waals surface area contributed by atoms with E-state index < -0.39 is 0 Å². The molecular weight excluding hydrogens is 284 g/mol. The second-order valence-corrected chi connectivity index (χ2v) is 6.56. The molecule has 2 aromatic rings. The zero-order valence-electron chi connectivity index (χ0n) is 14.0. The normalized spacial score (nSPS) is 18.0. The lowest BCUT2D eigenvalue weighted by Crippen LogP contribution is -2.37. The van der Waals surface area contributed by atoms with Gasteiger partial charge in [-0.25, -0.2) is 0 Å². The smallest absolute Gasteiger partial charge is 0.219 e. The molecule has 0 N–H and O–H groups in total. The van der Waals surface area contributed by atoms with E-state index in [2.05, 4.69) is 48.3 Å². The molecule has 1 aromatic carbocycles. The zero-order valence-corrected chi connectivity index (χ0v) is 14.0. The van der Waals surface area contributed by atoms with Crippen molar-refractivity contribution >= 4 is 5.91 Å². The van der Waals surface area contributed by atoms with Gasteiger partial charge in [0.1, 0.15) is 0 Å². The van der Waals surface area contributed by atoms with Gasteiger partial charge in [0.2, 0.25) is 5.91 Å². The zero-order chi connectivity index (χ0) is 16.2. The van der Waals surface area contributed by atoms with Gasteiger partial charge in [-0.1, -0.05) is 35.9 Å². The fraction of sp³-hybridized carbons (Fsp3) is 0.400. The van der Waals surface area contributed by atoms with Crippen LogP contribution in [0.2, 0.25) is 0 Å². The van der Waals surface area contributed by atoms with Crippen LogP contribution < -0.4 is 0 Å². The number of rotatable bonds is 3. The SMILES string of the molecule is CC(=O)N1CCC[C@H](c2ccc(Cc3ccc(C)cc3)cn2)C1. The van der Waals surface area contributed by atoms with Crippen LogP contribution in [0.4, 0.5) is 0 Å². The molecule has 0 aliphatic carbocycles. The molecule has 0 saturated carbocycles. The van der Waals surface area contributed by atoms with Crippen molar-refractivity contribution in [3.8, 4) is 0 Å². The van der Waals surface area contributed by atoms with Gasteiger partial charge in [0.05, 0.1) is 0 Å². The van der Waals surface area contributed by atoms with Gasteiger partial charge in [0, 0.05) is 37.8 Å². The minimum absolute atomic E-state index is 0.172. The van der Waals surface area contributed by atoms with Gasteiger partial charge in [0.25, 0.3) is 0 Å². The molecule has 2 heterocycles. The molecule has 0 radical (unpaired) electrons. The summed E-state index contributed by atoms with van der Waals surface area (Å²) in [5.41, 5.74) is 4.94. The van der Waals surface area contributed by atoms with E-state index in [-0.39, 0.29) is 5.91 Å². The summed E-state index contributed by atoms with van der Waals surface area (Å²) in [7, 11) is 0. The van der Waals surface area contributed by atoms with Crippen molar-refractivity contribution in [2.24, 2.45) is 0 Å². The molecule has 1 aromatic heterocycles. The van der Waals surface area contributed by atoms with Crippen LogP contribution in [-0.2, 0) is 11.2 Å².